The molecule has 0 aromatic carbocycles. The second kappa shape index (κ2) is 7.83. The first-order valence-corrected chi connectivity index (χ1v) is 3.83. The summed E-state index contributed by atoms with van der Waals surface area (Å²) in [7, 11) is 0. The molecule has 0 rings (SSSR count). The van der Waals surface area contributed by atoms with Crippen molar-refractivity contribution >= 4 is 12.6 Å². The highest BCUT2D eigenvalue weighted by molar-refractivity contribution is 7.83. The Balaban J connectivity index is 2.82. The molecule has 0 atom stereocenters. The molecule has 0 fully saturated rings. The Hall–Kier alpha value is -0.170. The van der Waals surface area contributed by atoms with Crippen molar-refractivity contribution in [3.05, 3.63) is 24.1 Å². The van der Waals surface area contributed by atoms with Gasteiger partial charge in [-0.2, -0.15) is 12.6 Å². The number of thiol groups is 1. The van der Waals surface area contributed by atoms with Crippen molar-refractivity contribution in [3.63, 3.8) is 0 Å². The number of hydrogen-bond donors (Lipinski definition) is 1. The molecule has 0 nitrogen and oxygen atoms in total. The minimum absolute atomic E-state index is 1.14. The third kappa shape index (κ3) is 7.83. The number of hydrogen-bond acceptors (Lipinski definition) is 1. The maximum Gasteiger partial charge on any atom is -0.0343 e. The van der Waals surface area contributed by atoms with E-state index in [0.717, 1.165) is 12.8 Å². The summed E-state index contributed by atoms with van der Waals surface area (Å²) in [5.74, 6) is 0. The molecule has 0 aliphatic carbocycles. The van der Waals surface area contributed by atoms with Gasteiger partial charge in [0.1, 0.15) is 0 Å². The average molecular weight is 142 g/mol. The fourth-order valence-electron chi connectivity index (χ4n) is 0.625. The van der Waals surface area contributed by atoms with Crippen LogP contribution in [-0.4, -0.2) is 0 Å². The summed E-state index contributed by atoms with van der Waals surface area (Å²) < 4.78 is 0. The van der Waals surface area contributed by atoms with Gasteiger partial charge in [-0.3, -0.25) is 0 Å². The summed E-state index contributed by atoms with van der Waals surface area (Å²) in [5, 5.41) is 1.80. The van der Waals surface area contributed by atoms with Crippen LogP contribution in [0.25, 0.3) is 0 Å². The second-order valence-electron chi connectivity index (χ2n) is 1.96. The Morgan fingerprint density at radius 3 is 2.44 bits per heavy atom. The first-order valence-electron chi connectivity index (χ1n) is 3.32. The van der Waals surface area contributed by atoms with Crippen LogP contribution in [0.15, 0.2) is 24.1 Å². The smallest absolute Gasteiger partial charge is 0.0343 e. The van der Waals surface area contributed by atoms with E-state index in [2.05, 4.69) is 25.3 Å². The van der Waals surface area contributed by atoms with Gasteiger partial charge >= 0.3 is 0 Å². The fraction of sp³-hybridized carbons (Fsp3) is 0.500. The normalized spacial score (nSPS) is 10.3. The van der Waals surface area contributed by atoms with E-state index in [4.69, 9.17) is 0 Å². The zero-order valence-electron chi connectivity index (χ0n) is 5.71. The van der Waals surface area contributed by atoms with Gasteiger partial charge in [-0.25, -0.2) is 0 Å². The van der Waals surface area contributed by atoms with E-state index < -0.39 is 0 Å². The van der Waals surface area contributed by atoms with Crippen LogP contribution >= 0.6 is 12.6 Å². The highest BCUT2D eigenvalue weighted by Gasteiger charge is 1.80. The summed E-state index contributed by atoms with van der Waals surface area (Å²) in [6.45, 7) is 3.65. The third-order valence-corrected chi connectivity index (χ3v) is 1.35. The molecule has 0 saturated carbocycles. The minimum Gasteiger partial charge on any atom is -0.152 e. The Morgan fingerprint density at radius 1 is 1.22 bits per heavy atom. The minimum atomic E-state index is 1.14. The quantitative estimate of drug-likeness (QED) is 0.340. The van der Waals surface area contributed by atoms with Crippen molar-refractivity contribution < 1.29 is 0 Å². The van der Waals surface area contributed by atoms with Crippen LogP contribution in [0.3, 0.4) is 0 Å². The Kier molecular flexibility index (Phi) is 7.68. The van der Waals surface area contributed by atoms with E-state index in [1.165, 1.54) is 12.8 Å². The third-order valence-electron chi connectivity index (χ3n) is 1.13. The number of allylic oxidation sites excluding steroid dienone is 2. The lowest BCUT2D eigenvalue weighted by molar-refractivity contribution is 0.763. The number of unbranched alkanes of at least 4 members (excludes halogenated alkanes) is 3. The molecule has 0 heterocycles. The summed E-state index contributed by atoms with van der Waals surface area (Å²) in [6, 6.07) is 0. The lowest BCUT2D eigenvalue weighted by atomic mass is 10.2. The van der Waals surface area contributed by atoms with E-state index in [0.29, 0.717) is 0 Å². The molecule has 0 aromatic rings. The second-order valence-corrected chi connectivity index (χ2v) is 2.26. The molecule has 1 heteroatoms. The van der Waals surface area contributed by atoms with Crippen LogP contribution in [0.1, 0.15) is 25.7 Å². The summed E-state index contributed by atoms with van der Waals surface area (Å²) in [4.78, 5) is 0. The highest BCUT2D eigenvalue weighted by Crippen LogP contribution is 2.00. The van der Waals surface area contributed by atoms with Crippen molar-refractivity contribution in [2.45, 2.75) is 25.7 Å². The zero-order chi connectivity index (χ0) is 6.95. The largest absolute Gasteiger partial charge is 0.152 e. The van der Waals surface area contributed by atoms with Crippen molar-refractivity contribution in [2.75, 3.05) is 0 Å². The number of rotatable bonds is 5. The van der Waals surface area contributed by atoms with Crippen LogP contribution in [0.4, 0.5) is 0 Å². The maximum atomic E-state index is 3.94. The SMILES string of the molecule is C=CCCCC/C=C/S. The van der Waals surface area contributed by atoms with Gasteiger partial charge in [0.25, 0.3) is 0 Å². The van der Waals surface area contributed by atoms with Crippen molar-refractivity contribution in [1.29, 1.82) is 0 Å². The monoisotopic (exact) mass is 142 g/mol. The van der Waals surface area contributed by atoms with Gasteiger partial charge in [0.05, 0.1) is 0 Å². The summed E-state index contributed by atoms with van der Waals surface area (Å²) in [6.07, 6.45) is 8.83. The first kappa shape index (κ1) is 8.83. The van der Waals surface area contributed by atoms with Crippen molar-refractivity contribution in [2.24, 2.45) is 0 Å². The Bertz CT molecular complexity index is 84.6. The fourth-order valence-corrected chi connectivity index (χ4v) is 0.774. The van der Waals surface area contributed by atoms with E-state index in [1.807, 2.05) is 6.08 Å². The molecule has 0 aromatic heterocycles. The van der Waals surface area contributed by atoms with Gasteiger partial charge in [0.2, 0.25) is 0 Å². The van der Waals surface area contributed by atoms with E-state index >= 15 is 0 Å². The molecule has 0 N–H and O–H groups in total. The van der Waals surface area contributed by atoms with Gasteiger partial charge in [0, 0.05) is 0 Å². The van der Waals surface area contributed by atoms with E-state index in [-0.39, 0.29) is 0 Å². The molecule has 0 aliphatic heterocycles. The topological polar surface area (TPSA) is 0 Å². The molecule has 0 amide bonds. The Morgan fingerprint density at radius 2 is 1.89 bits per heavy atom. The standard InChI is InChI=1S/C8H14S/c1-2-3-4-5-6-7-8-9/h2,7-9H,1,3-6H2/b8-7+. The predicted molar refractivity (Wildman–Crippen MR) is 46.8 cm³/mol. The molecular weight excluding hydrogens is 128 g/mol. The summed E-state index contributed by atoms with van der Waals surface area (Å²) >= 11 is 3.94. The van der Waals surface area contributed by atoms with Gasteiger partial charge in [-0.05, 0) is 31.1 Å². The highest BCUT2D eigenvalue weighted by atomic mass is 32.1. The molecule has 0 saturated heterocycles. The molecule has 0 bridgehead atoms. The molecule has 9 heavy (non-hydrogen) atoms. The van der Waals surface area contributed by atoms with Gasteiger partial charge in [-0.1, -0.05) is 12.2 Å². The van der Waals surface area contributed by atoms with Crippen LogP contribution in [0, 0.1) is 0 Å². The maximum absolute atomic E-state index is 3.94. The average Bonchev–Trinajstić information content (AvgIpc) is 1.89. The first-order chi connectivity index (χ1) is 4.41. The van der Waals surface area contributed by atoms with Crippen LogP contribution in [-0.2, 0) is 0 Å². The molecule has 0 unspecified atom stereocenters. The Labute approximate surface area is 63.1 Å². The lowest BCUT2D eigenvalue weighted by Gasteiger charge is -1.89. The molecule has 0 radical (unpaired) electrons. The van der Waals surface area contributed by atoms with Gasteiger partial charge < -0.3 is 0 Å². The van der Waals surface area contributed by atoms with Gasteiger partial charge in [0.15, 0.2) is 0 Å². The lowest BCUT2D eigenvalue weighted by Crippen LogP contribution is -1.70. The predicted octanol–water partition coefficient (Wildman–Crippen LogP) is 3.18. The molecule has 0 spiro atoms. The molecular formula is C8H14S. The van der Waals surface area contributed by atoms with E-state index in [9.17, 15) is 0 Å². The van der Waals surface area contributed by atoms with E-state index in [1.54, 1.807) is 5.41 Å². The van der Waals surface area contributed by atoms with Crippen LogP contribution in [0.2, 0.25) is 0 Å². The molecule has 0 aliphatic rings. The van der Waals surface area contributed by atoms with Crippen molar-refractivity contribution in [3.8, 4) is 0 Å². The summed E-state index contributed by atoms with van der Waals surface area (Å²) in [5.41, 5.74) is 0. The van der Waals surface area contributed by atoms with Gasteiger partial charge in [-0.15, -0.1) is 6.58 Å². The van der Waals surface area contributed by atoms with Crippen molar-refractivity contribution in [1.82, 2.24) is 0 Å². The van der Waals surface area contributed by atoms with Crippen LogP contribution in [0.5, 0.6) is 0 Å². The zero-order valence-corrected chi connectivity index (χ0v) is 6.61. The molecule has 52 valence electrons. The van der Waals surface area contributed by atoms with Crippen LogP contribution < -0.4 is 0 Å².